The van der Waals surface area contributed by atoms with Crippen molar-refractivity contribution in [2.75, 3.05) is 14.1 Å². The zero-order chi connectivity index (χ0) is 12.4. The molecule has 0 radical (unpaired) electrons. The molecule has 0 fully saturated rings. The average Bonchev–Trinajstić information content (AvgIpc) is 2.13. The van der Waals surface area contributed by atoms with E-state index in [1.807, 2.05) is 39.8 Å². The summed E-state index contributed by atoms with van der Waals surface area (Å²) in [5, 5.41) is 0. The Balaban J connectivity index is 0. The predicted molar refractivity (Wildman–Crippen MR) is 67.8 cm³/mol. The molecule has 2 heteroatoms. The summed E-state index contributed by atoms with van der Waals surface area (Å²) in [6.45, 7) is 11.0. The average molecular weight is 209 g/mol. The minimum absolute atomic E-state index is 0.0631. The van der Waals surface area contributed by atoms with Gasteiger partial charge in [0, 0.05) is 19.7 Å². The van der Waals surface area contributed by atoms with Crippen molar-refractivity contribution in [2.24, 2.45) is 0 Å². The maximum Gasteiger partial charge on any atom is 0.253 e. The van der Waals surface area contributed by atoms with E-state index in [0.717, 1.165) is 11.1 Å². The van der Waals surface area contributed by atoms with Gasteiger partial charge in [-0.15, -0.1) is 6.58 Å². The van der Waals surface area contributed by atoms with Crippen molar-refractivity contribution in [3.8, 4) is 0 Å². The molecule has 0 rings (SSSR count). The van der Waals surface area contributed by atoms with Crippen LogP contribution < -0.4 is 0 Å². The molecule has 0 aliphatic rings. The Kier molecular flexibility index (Phi) is 9.95. The zero-order valence-corrected chi connectivity index (χ0v) is 10.8. The number of carbonyl (C=O) groups is 1. The first kappa shape index (κ1) is 16.1. The summed E-state index contributed by atoms with van der Waals surface area (Å²) in [4.78, 5) is 13.1. The smallest absolute Gasteiger partial charge is 0.253 e. The predicted octanol–water partition coefficient (Wildman–Crippen LogP) is 3.18. The van der Waals surface area contributed by atoms with Crippen LogP contribution in [0, 0.1) is 0 Å². The lowest BCUT2D eigenvalue weighted by Gasteiger charge is -2.11. The maximum atomic E-state index is 11.5. The summed E-state index contributed by atoms with van der Waals surface area (Å²) in [7, 11) is 3.52. The van der Waals surface area contributed by atoms with Crippen LogP contribution >= 0.6 is 0 Å². The van der Waals surface area contributed by atoms with E-state index in [1.165, 1.54) is 0 Å². The highest BCUT2D eigenvalue weighted by atomic mass is 16.2. The molecule has 0 aromatic rings. The second kappa shape index (κ2) is 9.25. The fourth-order valence-electron chi connectivity index (χ4n) is 0.859. The van der Waals surface area contributed by atoms with Crippen LogP contribution in [0.5, 0.6) is 0 Å². The van der Waals surface area contributed by atoms with Crippen LogP contribution in [0.4, 0.5) is 0 Å². The van der Waals surface area contributed by atoms with Crippen molar-refractivity contribution in [2.45, 2.75) is 27.7 Å². The molecular formula is C13H23NO. The second-order valence-corrected chi connectivity index (χ2v) is 3.52. The van der Waals surface area contributed by atoms with E-state index in [-0.39, 0.29) is 5.91 Å². The lowest BCUT2D eigenvalue weighted by atomic mass is 10.1. The van der Waals surface area contributed by atoms with Crippen molar-refractivity contribution in [1.82, 2.24) is 4.90 Å². The molecule has 0 atom stereocenters. The summed E-state index contributed by atoms with van der Waals surface area (Å²) < 4.78 is 0. The molecule has 0 aromatic carbocycles. The molecule has 2 nitrogen and oxygen atoms in total. The van der Waals surface area contributed by atoms with E-state index in [4.69, 9.17) is 0 Å². The van der Waals surface area contributed by atoms with Crippen molar-refractivity contribution >= 4 is 5.91 Å². The first-order valence-electron chi connectivity index (χ1n) is 5.01. The van der Waals surface area contributed by atoms with Gasteiger partial charge in [0.2, 0.25) is 0 Å². The van der Waals surface area contributed by atoms with Gasteiger partial charge in [0.05, 0.1) is 0 Å². The molecule has 1 amide bonds. The van der Waals surface area contributed by atoms with Crippen LogP contribution in [0.25, 0.3) is 0 Å². The molecule has 0 bridgehead atoms. The summed E-state index contributed by atoms with van der Waals surface area (Å²) in [6, 6.07) is 0. The minimum Gasteiger partial charge on any atom is -0.345 e. The van der Waals surface area contributed by atoms with Gasteiger partial charge in [-0.05, 0) is 27.7 Å². The lowest BCUT2D eigenvalue weighted by Crippen LogP contribution is -2.23. The Morgan fingerprint density at radius 2 is 1.60 bits per heavy atom. The summed E-state index contributed by atoms with van der Waals surface area (Å²) in [5.41, 5.74) is 1.83. The van der Waals surface area contributed by atoms with Gasteiger partial charge in [0.25, 0.3) is 5.91 Å². The maximum absolute atomic E-state index is 11.5. The van der Waals surface area contributed by atoms with Crippen molar-refractivity contribution in [3.63, 3.8) is 0 Å². The Morgan fingerprint density at radius 1 is 1.20 bits per heavy atom. The third kappa shape index (κ3) is 7.74. The van der Waals surface area contributed by atoms with Crippen molar-refractivity contribution in [1.29, 1.82) is 0 Å². The van der Waals surface area contributed by atoms with Gasteiger partial charge in [-0.1, -0.05) is 23.8 Å². The number of likely N-dealkylation sites (N-methyl/N-ethyl adjacent to an activating group) is 1. The molecule has 0 unspecified atom stereocenters. The lowest BCUT2D eigenvalue weighted by molar-refractivity contribution is -0.124. The standard InChI is InChI=1S/C10H17NO.C3H6/c1-6-7-9(8(2)3)10(12)11(4)5;1-3-2/h6-7H,1-5H3;3H,1H2,2H3/b7-6-;. The quantitative estimate of drug-likeness (QED) is 0.388. The van der Waals surface area contributed by atoms with E-state index in [0.29, 0.717) is 0 Å². The number of rotatable bonds is 2. The first-order valence-corrected chi connectivity index (χ1v) is 5.01. The first-order chi connectivity index (χ1) is 6.92. The molecule has 0 aliphatic carbocycles. The van der Waals surface area contributed by atoms with E-state index >= 15 is 0 Å². The molecule has 86 valence electrons. The number of hydrogen-bond acceptors (Lipinski definition) is 1. The van der Waals surface area contributed by atoms with Crippen molar-refractivity contribution in [3.05, 3.63) is 36.0 Å². The number of nitrogens with zero attached hydrogens (tertiary/aromatic N) is 1. The van der Waals surface area contributed by atoms with Gasteiger partial charge >= 0.3 is 0 Å². The van der Waals surface area contributed by atoms with E-state index in [1.54, 1.807) is 25.1 Å². The molecule has 0 spiro atoms. The minimum atomic E-state index is 0.0631. The zero-order valence-electron chi connectivity index (χ0n) is 10.8. The van der Waals surface area contributed by atoms with Crippen LogP contribution in [0.1, 0.15) is 27.7 Å². The van der Waals surface area contributed by atoms with Crippen LogP contribution in [-0.2, 0) is 4.79 Å². The molecule has 0 saturated heterocycles. The number of hydrogen-bond donors (Lipinski definition) is 0. The van der Waals surface area contributed by atoms with Crippen LogP contribution in [0.15, 0.2) is 36.0 Å². The monoisotopic (exact) mass is 209 g/mol. The fourth-order valence-corrected chi connectivity index (χ4v) is 0.859. The highest BCUT2D eigenvalue weighted by molar-refractivity contribution is 5.96. The van der Waals surface area contributed by atoms with Crippen LogP contribution in [0.2, 0.25) is 0 Å². The molecule has 0 aliphatic heterocycles. The van der Waals surface area contributed by atoms with E-state index in [9.17, 15) is 4.79 Å². The highest BCUT2D eigenvalue weighted by Crippen LogP contribution is 2.07. The molecule has 0 N–H and O–H groups in total. The largest absolute Gasteiger partial charge is 0.345 e. The van der Waals surface area contributed by atoms with Crippen LogP contribution in [-0.4, -0.2) is 24.9 Å². The Morgan fingerprint density at radius 3 is 1.80 bits per heavy atom. The highest BCUT2D eigenvalue weighted by Gasteiger charge is 2.08. The molecular weight excluding hydrogens is 186 g/mol. The Bertz CT molecular complexity index is 256. The van der Waals surface area contributed by atoms with Gasteiger partial charge in [-0.3, -0.25) is 4.79 Å². The molecule has 0 heterocycles. The third-order valence-corrected chi connectivity index (χ3v) is 1.51. The van der Waals surface area contributed by atoms with Gasteiger partial charge in [0.15, 0.2) is 0 Å². The van der Waals surface area contributed by atoms with Gasteiger partial charge < -0.3 is 4.90 Å². The summed E-state index contributed by atoms with van der Waals surface area (Å²) in [6.07, 6.45) is 5.47. The number of amides is 1. The second-order valence-electron chi connectivity index (χ2n) is 3.52. The summed E-state index contributed by atoms with van der Waals surface area (Å²) >= 11 is 0. The van der Waals surface area contributed by atoms with Crippen molar-refractivity contribution < 1.29 is 4.79 Å². The van der Waals surface area contributed by atoms with Gasteiger partial charge in [0.1, 0.15) is 0 Å². The molecule has 0 saturated carbocycles. The molecule has 0 aromatic heterocycles. The van der Waals surface area contributed by atoms with Gasteiger partial charge in [-0.25, -0.2) is 0 Å². The summed E-state index contributed by atoms with van der Waals surface area (Å²) in [5.74, 6) is 0.0631. The third-order valence-electron chi connectivity index (χ3n) is 1.51. The Hall–Kier alpha value is -1.31. The normalized spacial score (nSPS) is 8.93. The fraction of sp³-hybridized carbons (Fsp3) is 0.462. The molecule has 15 heavy (non-hydrogen) atoms. The van der Waals surface area contributed by atoms with Crippen LogP contribution in [0.3, 0.4) is 0 Å². The van der Waals surface area contributed by atoms with E-state index < -0.39 is 0 Å². The van der Waals surface area contributed by atoms with E-state index in [2.05, 4.69) is 6.58 Å². The number of allylic oxidation sites excluding steroid dienone is 3. The Labute approximate surface area is 94.0 Å². The SMILES string of the molecule is C/C=C\C(C(=O)N(C)C)=C(C)C.C=CC. The number of carbonyl (C=O) groups excluding carboxylic acids is 1. The van der Waals surface area contributed by atoms with Gasteiger partial charge in [-0.2, -0.15) is 0 Å². The topological polar surface area (TPSA) is 20.3 Å².